The van der Waals surface area contributed by atoms with Crippen molar-refractivity contribution in [2.24, 2.45) is 0 Å². The molecule has 0 fully saturated rings. The lowest BCUT2D eigenvalue weighted by atomic mass is 10.0. The van der Waals surface area contributed by atoms with E-state index < -0.39 is 5.82 Å². The Bertz CT molecular complexity index is 572. The Balaban J connectivity index is 2.18. The van der Waals surface area contributed by atoms with E-state index in [1.165, 1.54) is 25.3 Å². The highest BCUT2D eigenvalue weighted by Crippen LogP contribution is 2.29. The van der Waals surface area contributed by atoms with Gasteiger partial charge in [0.25, 0.3) is 0 Å². The molecule has 0 N–H and O–H groups in total. The number of rotatable bonds is 4. The minimum Gasteiger partial charge on any atom is -0.494 e. The van der Waals surface area contributed by atoms with Crippen molar-refractivity contribution < 1.29 is 13.5 Å². The van der Waals surface area contributed by atoms with E-state index in [4.69, 9.17) is 16.3 Å². The van der Waals surface area contributed by atoms with Gasteiger partial charge in [-0.15, -0.1) is 11.6 Å². The van der Waals surface area contributed by atoms with Crippen LogP contribution in [0.2, 0.25) is 0 Å². The number of hydrogen-bond donors (Lipinski definition) is 0. The molecule has 0 radical (unpaired) electrons. The molecule has 0 saturated heterocycles. The van der Waals surface area contributed by atoms with Crippen molar-refractivity contribution in [3.63, 3.8) is 0 Å². The van der Waals surface area contributed by atoms with E-state index in [1.807, 2.05) is 0 Å². The Morgan fingerprint density at radius 1 is 1.16 bits per heavy atom. The molecule has 0 aliphatic heterocycles. The molecule has 1 unspecified atom stereocenters. The second kappa shape index (κ2) is 6.02. The Labute approximate surface area is 115 Å². The first-order chi connectivity index (χ1) is 9.10. The highest BCUT2D eigenvalue weighted by atomic mass is 35.5. The molecule has 2 aromatic rings. The zero-order chi connectivity index (χ0) is 13.8. The number of alkyl halides is 1. The topological polar surface area (TPSA) is 9.23 Å². The van der Waals surface area contributed by atoms with Crippen LogP contribution >= 0.6 is 11.6 Å². The summed E-state index contributed by atoms with van der Waals surface area (Å²) in [5.41, 5.74) is 1.53. The van der Waals surface area contributed by atoms with Crippen LogP contribution in [0.3, 0.4) is 0 Å². The van der Waals surface area contributed by atoms with Crippen LogP contribution in [0.15, 0.2) is 42.5 Å². The summed E-state index contributed by atoms with van der Waals surface area (Å²) in [4.78, 5) is 0. The van der Waals surface area contributed by atoms with Crippen LogP contribution in [-0.4, -0.2) is 7.11 Å². The Hall–Kier alpha value is -1.61. The van der Waals surface area contributed by atoms with Gasteiger partial charge in [0.15, 0.2) is 11.6 Å². The molecule has 100 valence electrons. The van der Waals surface area contributed by atoms with Gasteiger partial charge in [-0.1, -0.05) is 18.2 Å². The number of methoxy groups -OCH3 is 1. The van der Waals surface area contributed by atoms with Crippen LogP contribution in [0.5, 0.6) is 5.75 Å². The monoisotopic (exact) mass is 282 g/mol. The summed E-state index contributed by atoms with van der Waals surface area (Å²) in [5, 5.41) is -0.365. The van der Waals surface area contributed by atoms with E-state index in [-0.39, 0.29) is 16.9 Å². The molecule has 0 amide bonds. The van der Waals surface area contributed by atoms with Crippen molar-refractivity contribution >= 4 is 11.6 Å². The van der Waals surface area contributed by atoms with Crippen molar-refractivity contribution in [1.29, 1.82) is 0 Å². The van der Waals surface area contributed by atoms with E-state index in [1.54, 1.807) is 24.3 Å². The molecule has 0 aliphatic rings. The minimum atomic E-state index is -0.430. The standard InChI is InChI=1S/C15H13ClF2O/c1-19-15-9-11(5-6-14(15)18)13(16)8-10-3-2-4-12(17)7-10/h2-7,9,13H,8H2,1H3. The number of ether oxygens (including phenoxy) is 1. The van der Waals surface area contributed by atoms with Crippen molar-refractivity contribution in [3.05, 3.63) is 65.2 Å². The van der Waals surface area contributed by atoms with Gasteiger partial charge in [0.1, 0.15) is 5.82 Å². The van der Waals surface area contributed by atoms with Gasteiger partial charge in [0, 0.05) is 0 Å². The summed E-state index contributed by atoms with van der Waals surface area (Å²) >= 11 is 6.27. The average molecular weight is 283 g/mol. The first kappa shape index (κ1) is 13.8. The lowest BCUT2D eigenvalue weighted by Gasteiger charge is -2.12. The molecule has 0 heterocycles. The van der Waals surface area contributed by atoms with Crippen molar-refractivity contribution in [3.8, 4) is 5.75 Å². The molecule has 1 atom stereocenters. The van der Waals surface area contributed by atoms with E-state index in [9.17, 15) is 8.78 Å². The molecule has 19 heavy (non-hydrogen) atoms. The molecule has 0 bridgehead atoms. The average Bonchev–Trinajstić information content (AvgIpc) is 2.39. The quantitative estimate of drug-likeness (QED) is 0.751. The van der Waals surface area contributed by atoms with Crippen molar-refractivity contribution in [2.75, 3.05) is 7.11 Å². The maximum atomic E-state index is 13.3. The fourth-order valence-corrected chi connectivity index (χ4v) is 2.17. The molecule has 0 spiro atoms. The highest BCUT2D eigenvalue weighted by molar-refractivity contribution is 6.20. The fourth-order valence-electron chi connectivity index (χ4n) is 1.86. The number of benzene rings is 2. The SMILES string of the molecule is COc1cc(C(Cl)Cc2cccc(F)c2)ccc1F. The summed E-state index contributed by atoms with van der Waals surface area (Å²) in [6.45, 7) is 0. The van der Waals surface area contributed by atoms with Gasteiger partial charge in [0.2, 0.25) is 0 Å². The normalized spacial score (nSPS) is 12.2. The summed E-state index contributed by atoms with van der Waals surface area (Å²) in [6.07, 6.45) is 0.466. The van der Waals surface area contributed by atoms with Crippen LogP contribution in [0, 0.1) is 11.6 Å². The highest BCUT2D eigenvalue weighted by Gasteiger charge is 2.12. The number of hydrogen-bond acceptors (Lipinski definition) is 1. The predicted molar refractivity (Wildman–Crippen MR) is 71.7 cm³/mol. The Morgan fingerprint density at radius 3 is 2.63 bits per heavy atom. The third kappa shape index (κ3) is 3.44. The third-order valence-corrected chi connectivity index (χ3v) is 3.25. The molecule has 4 heteroatoms. The van der Waals surface area contributed by atoms with E-state index in [2.05, 4.69) is 0 Å². The van der Waals surface area contributed by atoms with Gasteiger partial charge in [0.05, 0.1) is 12.5 Å². The van der Waals surface area contributed by atoms with Gasteiger partial charge in [-0.05, 0) is 41.8 Å². The lowest BCUT2D eigenvalue weighted by Crippen LogP contribution is -1.98. The lowest BCUT2D eigenvalue weighted by molar-refractivity contribution is 0.386. The van der Waals surface area contributed by atoms with Gasteiger partial charge in [-0.2, -0.15) is 0 Å². The maximum absolute atomic E-state index is 13.3. The second-order valence-corrected chi connectivity index (χ2v) is 4.72. The zero-order valence-electron chi connectivity index (χ0n) is 10.4. The van der Waals surface area contributed by atoms with Gasteiger partial charge < -0.3 is 4.74 Å². The Kier molecular flexibility index (Phi) is 4.38. The molecular weight excluding hydrogens is 270 g/mol. The molecule has 2 aromatic carbocycles. The number of halogens is 3. The van der Waals surface area contributed by atoms with Gasteiger partial charge >= 0.3 is 0 Å². The molecule has 0 aliphatic carbocycles. The van der Waals surface area contributed by atoms with Gasteiger partial charge in [-0.25, -0.2) is 8.78 Å². The molecular formula is C15H13ClF2O. The van der Waals surface area contributed by atoms with Crippen LogP contribution in [0.25, 0.3) is 0 Å². The van der Waals surface area contributed by atoms with Crippen LogP contribution < -0.4 is 4.74 Å². The Morgan fingerprint density at radius 2 is 1.95 bits per heavy atom. The first-order valence-electron chi connectivity index (χ1n) is 5.82. The smallest absolute Gasteiger partial charge is 0.165 e. The zero-order valence-corrected chi connectivity index (χ0v) is 11.1. The second-order valence-electron chi connectivity index (χ2n) is 4.20. The first-order valence-corrected chi connectivity index (χ1v) is 6.25. The van der Waals surface area contributed by atoms with Gasteiger partial charge in [-0.3, -0.25) is 0 Å². The minimum absolute atomic E-state index is 0.155. The molecule has 0 saturated carbocycles. The summed E-state index contributed by atoms with van der Waals surface area (Å²) in [5.74, 6) is -0.568. The largest absolute Gasteiger partial charge is 0.494 e. The van der Waals surface area contributed by atoms with Crippen molar-refractivity contribution in [2.45, 2.75) is 11.8 Å². The predicted octanol–water partition coefficient (Wildman–Crippen LogP) is 4.50. The third-order valence-electron chi connectivity index (χ3n) is 2.84. The van der Waals surface area contributed by atoms with Crippen LogP contribution in [0.4, 0.5) is 8.78 Å². The molecule has 1 nitrogen and oxygen atoms in total. The van der Waals surface area contributed by atoms with Crippen LogP contribution in [0.1, 0.15) is 16.5 Å². The van der Waals surface area contributed by atoms with E-state index in [0.717, 1.165) is 11.1 Å². The molecule has 0 aromatic heterocycles. The summed E-state index contributed by atoms with van der Waals surface area (Å²) < 4.78 is 31.3. The maximum Gasteiger partial charge on any atom is 0.165 e. The molecule has 2 rings (SSSR count). The van der Waals surface area contributed by atoms with Crippen LogP contribution in [-0.2, 0) is 6.42 Å². The summed E-state index contributed by atoms with van der Waals surface area (Å²) in [6, 6.07) is 10.7. The summed E-state index contributed by atoms with van der Waals surface area (Å²) in [7, 11) is 1.40. The van der Waals surface area contributed by atoms with E-state index >= 15 is 0 Å². The fraction of sp³-hybridized carbons (Fsp3) is 0.200. The van der Waals surface area contributed by atoms with E-state index in [0.29, 0.717) is 6.42 Å². The van der Waals surface area contributed by atoms with Crippen molar-refractivity contribution in [1.82, 2.24) is 0 Å².